The number of rotatable bonds is 3. The van der Waals surface area contributed by atoms with Gasteiger partial charge in [0.05, 0.1) is 12.5 Å². The number of carbonyl (C=O) groups excluding carboxylic acids is 1. The lowest BCUT2D eigenvalue weighted by Crippen LogP contribution is -2.27. The van der Waals surface area contributed by atoms with Crippen molar-refractivity contribution in [1.29, 1.82) is 5.26 Å². The van der Waals surface area contributed by atoms with Crippen LogP contribution in [0.3, 0.4) is 0 Å². The molecule has 1 aliphatic rings. The Morgan fingerprint density at radius 2 is 2.39 bits per heavy atom. The molecule has 0 atom stereocenters. The zero-order valence-electron chi connectivity index (χ0n) is 10.6. The van der Waals surface area contributed by atoms with E-state index >= 15 is 0 Å². The number of benzene rings is 1. The first-order valence-corrected chi connectivity index (χ1v) is 6.21. The lowest BCUT2D eigenvalue weighted by molar-refractivity contribution is 0.0798. The third-order valence-electron chi connectivity index (χ3n) is 3.20. The van der Waals surface area contributed by atoms with Crippen LogP contribution in [0.1, 0.15) is 28.8 Å². The lowest BCUT2D eigenvalue weighted by atomic mass is 10.0. The molecule has 1 aliphatic heterocycles. The fourth-order valence-corrected chi connectivity index (χ4v) is 2.15. The minimum atomic E-state index is -0.0152. The van der Waals surface area contributed by atoms with Gasteiger partial charge in [-0.15, -0.1) is 0 Å². The van der Waals surface area contributed by atoms with Gasteiger partial charge in [0.2, 0.25) is 0 Å². The summed E-state index contributed by atoms with van der Waals surface area (Å²) in [6, 6.07) is 7.84. The SMILES string of the molecule is CN(CCC#N)C(=O)c1ccc2c(c1)CCCN2. The number of fused-ring (bicyclic) bond motifs is 1. The smallest absolute Gasteiger partial charge is 0.253 e. The fourth-order valence-electron chi connectivity index (χ4n) is 2.15. The molecule has 1 heterocycles. The normalized spacial score (nSPS) is 13.1. The standard InChI is InChI=1S/C14H17N3O/c1-17(9-3-7-15)14(18)12-5-6-13-11(10-12)4-2-8-16-13/h5-6,10,16H,2-4,8-9H2,1H3. The molecule has 0 saturated carbocycles. The molecule has 4 nitrogen and oxygen atoms in total. The van der Waals surface area contributed by atoms with Crippen LogP contribution in [0.5, 0.6) is 0 Å². The number of amides is 1. The summed E-state index contributed by atoms with van der Waals surface area (Å²) in [5, 5.41) is 11.9. The summed E-state index contributed by atoms with van der Waals surface area (Å²) in [5.41, 5.74) is 3.05. The maximum atomic E-state index is 12.1. The van der Waals surface area contributed by atoms with E-state index in [-0.39, 0.29) is 5.91 Å². The average Bonchev–Trinajstić information content (AvgIpc) is 2.43. The molecular weight excluding hydrogens is 226 g/mol. The van der Waals surface area contributed by atoms with Gasteiger partial charge in [0.25, 0.3) is 5.91 Å². The van der Waals surface area contributed by atoms with E-state index in [1.54, 1.807) is 11.9 Å². The van der Waals surface area contributed by atoms with Gasteiger partial charge in [-0.2, -0.15) is 5.26 Å². The Balaban J connectivity index is 2.13. The van der Waals surface area contributed by atoms with Crippen LogP contribution in [0, 0.1) is 11.3 Å². The summed E-state index contributed by atoms with van der Waals surface area (Å²) < 4.78 is 0. The number of hydrogen-bond donors (Lipinski definition) is 1. The average molecular weight is 243 g/mol. The number of nitrogens with one attached hydrogen (secondary N) is 1. The lowest BCUT2D eigenvalue weighted by Gasteiger charge is -2.20. The molecule has 0 spiro atoms. The largest absolute Gasteiger partial charge is 0.385 e. The molecular formula is C14H17N3O. The summed E-state index contributed by atoms with van der Waals surface area (Å²) in [4.78, 5) is 13.7. The minimum Gasteiger partial charge on any atom is -0.385 e. The molecule has 1 aromatic carbocycles. The van der Waals surface area contributed by atoms with Crippen LogP contribution in [-0.2, 0) is 6.42 Å². The second-order valence-electron chi connectivity index (χ2n) is 4.54. The molecule has 1 amide bonds. The van der Waals surface area contributed by atoms with E-state index in [2.05, 4.69) is 11.4 Å². The van der Waals surface area contributed by atoms with E-state index in [9.17, 15) is 4.79 Å². The molecule has 0 radical (unpaired) electrons. The molecule has 94 valence electrons. The number of anilines is 1. The molecule has 0 aliphatic carbocycles. The maximum Gasteiger partial charge on any atom is 0.253 e. The van der Waals surface area contributed by atoms with Crippen LogP contribution in [0.25, 0.3) is 0 Å². The van der Waals surface area contributed by atoms with Crippen molar-refractivity contribution in [3.05, 3.63) is 29.3 Å². The third-order valence-corrected chi connectivity index (χ3v) is 3.20. The zero-order valence-corrected chi connectivity index (χ0v) is 10.6. The quantitative estimate of drug-likeness (QED) is 0.883. The maximum absolute atomic E-state index is 12.1. The highest BCUT2D eigenvalue weighted by molar-refractivity contribution is 5.94. The van der Waals surface area contributed by atoms with Crippen molar-refractivity contribution in [3.8, 4) is 6.07 Å². The fraction of sp³-hybridized carbons (Fsp3) is 0.429. The monoisotopic (exact) mass is 243 g/mol. The first-order valence-electron chi connectivity index (χ1n) is 6.21. The van der Waals surface area contributed by atoms with Crippen molar-refractivity contribution in [2.24, 2.45) is 0 Å². The number of nitrogens with zero attached hydrogens (tertiary/aromatic N) is 2. The Hall–Kier alpha value is -2.02. The van der Waals surface area contributed by atoms with Crippen LogP contribution < -0.4 is 5.32 Å². The minimum absolute atomic E-state index is 0.0152. The highest BCUT2D eigenvalue weighted by atomic mass is 16.2. The van der Waals surface area contributed by atoms with E-state index in [1.165, 1.54) is 5.56 Å². The van der Waals surface area contributed by atoms with Crippen LogP contribution in [0.15, 0.2) is 18.2 Å². The van der Waals surface area contributed by atoms with Crippen molar-refractivity contribution in [3.63, 3.8) is 0 Å². The van der Waals surface area contributed by atoms with Gasteiger partial charge in [-0.3, -0.25) is 4.79 Å². The molecule has 1 N–H and O–H groups in total. The van der Waals surface area contributed by atoms with Crippen molar-refractivity contribution >= 4 is 11.6 Å². The molecule has 2 rings (SSSR count). The summed E-state index contributed by atoms with van der Waals surface area (Å²) in [6.07, 6.45) is 2.50. The Morgan fingerprint density at radius 1 is 1.56 bits per heavy atom. The van der Waals surface area contributed by atoms with E-state index in [1.807, 2.05) is 18.2 Å². The van der Waals surface area contributed by atoms with Crippen LogP contribution in [-0.4, -0.2) is 30.9 Å². The van der Waals surface area contributed by atoms with Crippen LogP contribution in [0.4, 0.5) is 5.69 Å². The molecule has 18 heavy (non-hydrogen) atoms. The molecule has 0 aromatic heterocycles. The Kier molecular flexibility index (Phi) is 3.83. The second kappa shape index (κ2) is 5.54. The van der Waals surface area contributed by atoms with E-state index in [0.29, 0.717) is 18.5 Å². The van der Waals surface area contributed by atoms with Gasteiger partial charge in [-0.05, 0) is 36.6 Å². The van der Waals surface area contributed by atoms with Gasteiger partial charge in [-0.1, -0.05) is 0 Å². The third kappa shape index (κ3) is 2.62. The molecule has 1 aromatic rings. The highest BCUT2D eigenvalue weighted by Crippen LogP contribution is 2.23. The molecule has 0 bridgehead atoms. The van der Waals surface area contributed by atoms with E-state index in [0.717, 1.165) is 25.1 Å². The second-order valence-corrected chi connectivity index (χ2v) is 4.54. The summed E-state index contributed by atoms with van der Waals surface area (Å²) in [6.45, 7) is 1.48. The summed E-state index contributed by atoms with van der Waals surface area (Å²) >= 11 is 0. The molecule has 4 heteroatoms. The number of aryl methyl sites for hydroxylation is 1. The Morgan fingerprint density at radius 3 is 3.17 bits per heavy atom. The van der Waals surface area contributed by atoms with E-state index in [4.69, 9.17) is 5.26 Å². The Bertz CT molecular complexity index is 490. The van der Waals surface area contributed by atoms with Crippen molar-refractivity contribution in [2.45, 2.75) is 19.3 Å². The Labute approximate surface area is 107 Å². The van der Waals surface area contributed by atoms with Gasteiger partial charge in [-0.25, -0.2) is 0 Å². The zero-order chi connectivity index (χ0) is 13.0. The molecule has 0 saturated heterocycles. The van der Waals surface area contributed by atoms with Gasteiger partial charge in [0, 0.05) is 31.4 Å². The van der Waals surface area contributed by atoms with Crippen molar-refractivity contribution in [1.82, 2.24) is 4.90 Å². The van der Waals surface area contributed by atoms with E-state index < -0.39 is 0 Å². The number of nitriles is 1. The van der Waals surface area contributed by atoms with Gasteiger partial charge in [0.1, 0.15) is 0 Å². The van der Waals surface area contributed by atoms with Gasteiger partial charge < -0.3 is 10.2 Å². The number of hydrogen-bond acceptors (Lipinski definition) is 3. The van der Waals surface area contributed by atoms with Crippen molar-refractivity contribution in [2.75, 3.05) is 25.5 Å². The van der Waals surface area contributed by atoms with Crippen LogP contribution in [0.2, 0.25) is 0 Å². The first-order chi connectivity index (χ1) is 8.72. The predicted octanol–water partition coefficient (Wildman–Crippen LogP) is 2.03. The molecule has 0 fully saturated rings. The molecule has 0 unspecified atom stereocenters. The van der Waals surface area contributed by atoms with Gasteiger partial charge >= 0.3 is 0 Å². The van der Waals surface area contributed by atoms with Crippen molar-refractivity contribution < 1.29 is 4.79 Å². The first kappa shape index (κ1) is 12.4. The summed E-state index contributed by atoms with van der Waals surface area (Å²) in [5.74, 6) is -0.0152. The van der Waals surface area contributed by atoms with Crippen LogP contribution >= 0.6 is 0 Å². The highest BCUT2D eigenvalue weighted by Gasteiger charge is 2.15. The van der Waals surface area contributed by atoms with Gasteiger partial charge in [0.15, 0.2) is 0 Å². The predicted molar refractivity (Wildman–Crippen MR) is 70.4 cm³/mol. The number of carbonyl (C=O) groups is 1. The summed E-state index contributed by atoms with van der Waals surface area (Å²) in [7, 11) is 1.73. The topological polar surface area (TPSA) is 56.1 Å².